The number of fused-ring (bicyclic) bond motifs is 2. The molecule has 0 bridgehead atoms. The quantitative estimate of drug-likeness (QED) is 0.647. The van der Waals surface area contributed by atoms with E-state index in [2.05, 4.69) is 10.4 Å². The van der Waals surface area contributed by atoms with Gasteiger partial charge in [-0.15, -0.1) is 0 Å². The number of nitrogens with zero attached hydrogens (tertiary/aromatic N) is 1. The van der Waals surface area contributed by atoms with Gasteiger partial charge in [0.2, 0.25) is 5.91 Å². The van der Waals surface area contributed by atoms with Crippen molar-refractivity contribution in [1.29, 1.82) is 0 Å². The van der Waals surface area contributed by atoms with Crippen molar-refractivity contribution in [3.05, 3.63) is 67.7 Å². The molecule has 8 nitrogen and oxygen atoms in total. The van der Waals surface area contributed by atoms with Gasteiger partial charge in [0.1, 0.15) is 0 Å². The molecule has 0 saturated carbocycles. The molecule has 0 radical (unpaired) electrons. The zero-order valence-corrected chi connectivity index (χ0v) is 16.8. The van der Waals surface area contributed by atoms with Crippen LogP contribution in [0.2, 0.25) is 5.02 Å². The number of hydrogen-bond donors (Lipinski definition) is 2. The number of rotatable bonds is 5. The first-order valence-electron chi connectivity index (χ1n) is 9.59. The smallest absolute Gasteiger partial charge is 0.273 e. The summed E-state index contributed by atoms with van der Waals surface area (Å²) < 4.78 is 12.4. The number of hydrogen-bond acceptors (Lipinski definition) is 5. The molecule has 0 fully saturated rings. The number of H-pyrrole nitrogens is 1. The Morgan fingerprint density at radius 1 is 1.13 bits per heavy atom. The van der Waals surface area contributed by atoms with Crippen LogP contribution < -0.4 is 25.9 Å². The third-order valence-electron chi connectivity index (χ3n) is 4.80. The summed E-state index contributed by atoms with van der Waals surface area (Å²) in [5.41, 5.74) is 0.0639. The molecule has 0 spiro atoms. The molecule has 3 aromatic rings. The maximum atomic E-state index is 12.5. The number of carbonyl (C=O) groups excluding carboxylic acids is 1. The van der Waals surface area contributed by atoms with Gasteiger partial charge in [-0.05, 0) is 29.8 Å². The highest BCUT2D eigenvalue weighted by Gasteiger charge is 2.16. The summed E-state index contributed by atoms with van der Waals surface area (Å²) >= 11 is 6.27. The van der Waals surface area contributed by atoms with Crippen LogP contribution in [0.25, 0.3) is 10.8 Å². The summed E-state index contributed by atoms with van der Waals surface area (Å²) in [5, 5.41) is 6.39. The van der Waals surface area contributed by atoms with E-state index in [0.717, 1.165) is 16.7 Å². The fraction of sp³-hybridized carbons (Fsp3) is 0.286. The average Bonchev–Trinajstić information content (AvgIpc) is 3.00. The normalized spacial score (nSPS) is 13.1. The SMILES string of the molecule is O=C(CCn1[nH]c(=O)c2ccccc2c1=O)NCc1cc(Cl)c2c(c1)OCCCO2. The number of amides is 1. The Balaban J connectivity index is 1.40. The van der Waals surface area contributed by atoms with Crippen LogP contribution in [0, 0.1) is 0 Å². The summed E-state index contributed by atoms with van der Waals surface area (Å²) in [6, 6.07) is 10.1. The molecule has 156 valence electrons. The first kappa shape index (κ1) is 20.0. The number of aromatic amines is 1. The number of nitrogens with one attached hydrogen (secondary N) is 2. The molecule has 1 amide bonds. The second-order valence-electron chi connectivity index (χ2n) is 6.93. The van der Waals surface area contributed by atoms with E-state index in [4.69, 9.17) is 21.1 Å². The molecule has 1 aromatic heterocycles. The molecule has 2 aromatic carbocycles. The Hall–Kier alpha value is -3.26. The van der Waals surface area contributed by atoms with Crippen molar-refractivity contribution in [3.8, 4) is 11.5 Å². The van der Waals surface area contributed by atoms with Gasteiger partial charge in [-0.2, -0.15) is 0 Å². The molecule has 0 atom stereocenters. The molecule has 9 heteroatoms. The number of aryl methyl sites for hydroxylation is 1. The van der Waals surface area contributed by atoms with Crippen LogP contribution in [-0.4, -0.2) is 28.9 Å². The molecule has 1 aliphatic heterocycles. The van der Waals surface area contributed by atoms with Crippen molar-refractivity contribution in [2.75, 3.05) is 13.2 Å². The first-order valence-corrected chi connectivity index (χ1v) is 9.97. The Labute approximate surface area is 176 Å². The molecule has 0 saturated heterocycles. The van der Waals surface area contributed by atoms with Gasteiger partial charge < -0.3 is 14.8 Å². The lowest BCUT2D eigenvalue weighted by molar-refractivity contribution is -0.121. The number of benzene rings is 2. The Kier molecular flexibility index (Phi) is 5.76. The highest BCUT2D eigenvalue weighted by Crippen LogP contribution is 2.37. The van der Waals surface area contributed by atoms with Crippen molar-refractivity contribution < 1.29 is 14.3 Å². The summed E-state index contributed by atoms with van der Waals surface area (Å²) in [6.07, 6.45) is 0.805. The third-order valence-corrected chi connectivity index (χ3v) is 5.08. The van der Waals surface area contributed by atoms with E-state index in [9.17, 15) is 14.4 Å². The monoisotopic (exact) mass is 429 g/mol. The number of carbonyl (C=O) groups is 1. The molecular weight excluding hydrogens is 410 g/mol. The van der Waals surface area contributed by atoms with Crippen LogP contribution in [0.15, 0.2) is 46.0 Å². The largest absolute Gasteiger partial charge is 0.489 e. The first-order chi connectivity index (χ1) is 14.5. The standard InChI is InChI=1S/C21H20ClN3O5/c22-16-10-13(11-17-19(16)30-9-3-8-29-17)12-23-18(26)6-7-25-21(28)15-5-2-1-4-14(15)20(27)24-25/h1-2,4-5,10-11H,3,6-9,12H2,(H,23,26)(H,24,27). The molecule has 30 heavy (non-hydrogen) atoms. The van der Waals surface area contributed by atoms with Gasteiger partial charge >= 0.3 is 0 Å². The van der Waals surface area contributed by atoms with Gasteiger partial charge in [0.05, 0.1) is 35.6 Å². The van der Waals surface area contributed by atoms with E-state index in [0.29, 0.717) is 40.5 Å². The second kappa shape index (κ2) is 8.62. The van der Waals surface area contributed by atoms with Crippen molar-refractivity contribution in [2.24, 2.45) is 0 Å². The lowest BCUT2D eigenvalue weighted by atomic mass is 10.2. The van der Waals surface area contributed by atoms with Gasteiger partial charge in [-0.25, -0.2) is 4.68 Å². The minimum absolute atomic E-state index is 0.0342. The Bertz CT molecular complexity index is 1220. The van der Waals surface area contributed by atoms with Crippen LogP contribution in [0.4, 0.5) is 0 Å². The topological polar surface area (TPSA) is 102 Å². The number of aromatic nitrogens is 2. The van der Waals surface area contributed by atoms with Gasteiger partial charge in [-0.1, -0.05) is 23.7 Å². The molecule has 4 rings (SSSR count). The summed E-state index contributed by atoms with van der Waals surface area (Å²) in [6.45, 7) is 1.39. The molecule has 0 unspecified atom stereocenters. The molecule has 2 N–H and O–H groups in total. The fourth-order valence-electron chi connectivity index (χ4n) is 3.29. The lowest BCUT2D eigenvalue weighted by Gasteiger charge is -2.12. The van der Waals surface area contributed by atoms with E-state index in [1.165, 1.54) is 0 Å². The van der Waals surface area contributed by atoms with Gasteiger partial charge in [0, 0.05) is 19.4 Å². The summed E-state index contributed by atoms with van der Waals surface area (Å²) in [7, 11) is 0. The maximum absolute atomic E-state index is 12.5. The van der Waals surface area contributed by atoms with Gasteiger partial charge in [-0.3, -0.25) is 19.5 Å². The van der Waals surface area contributed by atoms with Crippen LogP contribution in [0.5, 0.6) is 11.5 Å². The number of halogens is 1. The van der Waals surface area contributed by atoms with Crippen molar-refractivity contribution in [1.82, 2.24) is 15.1 Å². The van der Waals surface area contributed by atoms with Crippen LogP contribution in [-0.2, 0) is 17.9 Å². The minimum Gasteiger partial charge on any atom is -0.489 e. The lowest BCUT2D eigenvalue weighted by Crippen LogP contribution is -2.32. The van der Waals surface area contributed by atoms with Crippen molar-refractivity contribution >= 4 is 28.3 Å². The molecule has 2 heterocycles. The predicted octanol–water partition coefficient (Wildman–Crippen LogP) is 2.21. The van der Waals surface area contributed by atoms with Crippen LogP contribution in [0.3, 0.4) is 0 Å². The van der Waals surface area contributed by atoms with Gasteiger partial charge in [0.15, 0.2) is 11.5 Å². The molecular formula is C21H20ClN3O5. The third kappa shape index (κ3) is 4.18. The summed E-state index contributed by atoms with van der Waals surface area (Å²) in [4.78, 5) is 36.9. The summed E-state index contributed by atoms with van der Waals surface area (Å²) in [5.74, 6) is 0.813. The van der Waals surface area contributed by atoms with Gasteiger partial charge in [0.25, 0.3) is 11.1 Å². The minimum atomic E-state index is -0.368. The van der Waals surface area contributed by atoms with Crippen molar-refractivity contribution in [2.45, 2.75) is 25.9 Å². The van der Waals surface area contributed by atoms with Crippen molar-refractivity contribution in [3.63, 3.8) is 0 Å². The zero-order chi connectivity index (χ0) is 21.1. The van der Waals surface area contributed by atoms with E-state index < -0.39 is 0 Å². The Morgan fingerprint density at radius 3 is 2.73 bits per heavy atom. The van der Waals surface area contributed by atoms with E-state index in [-0.39, 0.29) is 36.5 Å². The van der Waals surface area contributed by atoms with E-state index >= 15 is 0 Å². The highest BCUT2D eigenvalue weighted by atomic mass is 35.5. The van der Waals surface area contributed by atoms with E-state index in [1.54, 1.807) is 36.4 Å². The number of ether oxygens (including phenoxy) is 2. The zero-order valence-electron chi connectivity index (χ0n) is 16.1. The molecule has 1 aliphatic rings. The average molecular weight is 430 g/mol. The molecule has 0 aliphatic carbocycles. The highest BCUT2D eigenvalue weighted by molar-refractivity contribution is 6.32. The maximum Gasteiger partial charge on any atom is 0.273 e. The predicted molar refractivity (Wildman–Crippen MR) is 112 cm³/mol. The Morgan fingerprint density at radius 2 is 1.90 bits per heavy atom. The fourth-order valence-corrected chi connectivity index (χ4v) is 3.58. The van der Waals surface area contributed by atoms with E-state index in [1.807, 2.05) is 0 Å². The second-order valence-corrected chi connectivity index (χ2v) is 7.33. The van der Waals surface area contributed by atoms with Crippen LogP contribution >= 0.6 is 11.6 Å². The van der Waals surface area contributed by atoms with Crippen LogP contribution in [0.1, 0.15) is 18.4 Å².